The molecule has 0 aliphatic carbocycles. The molecule has 1 aliphatic heterocycles. The number of halogens is 2. The van der Waals surface area contributed by atoms with Gasteiger partial charge in [0.25, 0.3) is 0 Å². The highest BCUT2D eigenvalue weighted by atomic mass is 35.5. The molecule has 24 heavy (non-hydrogen) atoms. The third-order valence-corrected chi connectivity index (χ3v) is 4.72. The Labute approximate surface area is 158 Å². The molecule has 0 spiro atoms. The van der Waals surface area contributed by atoms with Crippen LogP contribution < -0.4 is 5.73 Å². The van der Waals surface area contributed by atoms with E-state index in [1.54, 1.807) is 0 Å². The quantitative estimate of drug-likeness (QED) is 0.860. The molecule has 2 rings (SSSR count). The van der Waals surface area contributed by atoms with Gasteiger partial charge in [0.15, 0.2) is 0 Å². The van der Waals surface area contributed by atoms with Crippen molar-refractivity contribution in [1.29, 1.82) is 0 Å². The van der Waals surface area contributed by atoms with Crippen molar-refractivity contribution in [2.24, 2.45) is 17.6 Å². The van der Waals surface area contributed by atoms with Gasteiger partial charge in [-0.1, -0.05) is 44.2 Å². The van der Waals surface area contributed by atoms with Crippen molar-refractivity contribution in [3.05, 3.63) is 35.9 Å². The maximum Gasteiger partial charge on any atom is 0.240 e. The minimum Gasteiger partial charge on any atom is -0.340 e. The van der Waals surface area contributed by atoms with Crippen molar-refractivity contribution >= 4 is 30.7 Å². The Hall–Kier alpha value is -0.810. The molecular formula is C18H31Cl2N3O. The van der Waals surface area contributed by atoms with Gasteiger partial charge >= 0.3 is 0 Å². The van der Waals surface area contributed by atoms with Crippen molar-refractivity contribution in [1.82, 2.24) is 9.80 Å². The van der Waals surface area contributed by atoms with Gasteiger partial charge in [-0.2, -0.15) is 0 Å². The highest BCUT2D eigenvalue weighted by molar-refractivity contribution is 5.85. The molecule has 1 unspecified atom stereocenters. The topological polar surface area (TPSA) is 49.6 Å². The molecule has 3 atom stereocenters. The lowest BCUT2D eigenvalue weighted by Gasteiger charge is -2.31. The highest BCUT2D eigenvalue weighted by Crippen LogP contribution is 2.32. The van der Waals surface area contributed by atoms with Crippen molar-refractivity contribution in [2.75, 3.05) is 33.7 Å². The van der Waals surface area contributed by atoms with Crippen LogP contribution in [-0.2, 0) is 4.79 Å². The van der Waals surface area contributed by atoms with Crippen LogP contribution in [0.4, 0.5) is 0 Å². The van der Waals surface area contributed by atoms with E-state index in [-0.39, 0.29) is 36.8 Å². The first-order chi connectivity index (χ1) is 10.5. The van der Waals surface area contributed by atoms with Crippen LogP contribution in [0.2, 0.25) is 0 Å². The van der Waals surface area contributed by atoms with Crippen LogP contribution in [0.25, 0.3) is 0 Å². The average molecular weight is 376 g/mol. The molecule has 4 nitrogen and oxygen atoms in total. The Kier molecular flexibility index (Phi) is 9.90. The molecule has 6 heteroatoms. The molecule has 1 heterocycles. The molecule has 138 valence electrons. The van der Waals surface area contributed by atoms with Crippen LogP contribution in [0.15, 0.2) is 30.3 Å². The summed E-state index contributed by atoms with van der Waals surface area (Å²) in [6.07, 6.45) is 0. The maximum absolute atomic E-state index is 12.9. The van der Waals surface area contributed by atoms with Crippen LogP contribution in [0, 0.1) is 11.8 Å². The van der Waals surface area contributed by atoms with E-state index in [0.29, 0.717) is 24.3 Å². The SMILES string of the molecule is CC(C)C(C(=O)N1C[C@@H](CN)[C@H](c2ccccc2)C1)N(C)C.Cl.Cl. The Balaban J connectivity index is 0.00000264. The molecule has 1 saturated heterocycles. The standard InChI is InChI=1S/C18H29N3O.2ClH/c1-13(2)17(20(3)4)18(22)21-11-15(10-19)16(12-21)14-8-6-5-7-9-14;;/h5-9,13,15-17H,10-12,19H2,1-4H3;2*1H/t15-,16+,17?;;/m1../s1. The number of nitrogens with two attached hydrogens (primary N) is 1. The highest BCUT2D eigenvalue weighted by Gasteiger charge is 2.38. The normalized spacial score (nSPS) is 21.4. The lowest BCUT2D eigenvalue weighted by Crippen LogP contribution is -2.48. The first-order valence-electron chi connectivity index (χ1n) is 8.16. The van der Waals surface area contributed by atoms with Crippen LogP contribution in [-0.4, -0.2) is 55.5 Å². The summed E-state index contributed by atoms with van der Waals surface area (Å²) in [5.41, 5.74) is 7.26. The number of amides is 1. The molecule has 2 N–H and O–H groups in total. The molecule has 0 radical (unpaired) electrons. The average Bonchev–Trinajstić information content (AvgIpc) is 2.91. The second-order valence-corrected chi connectivity index (χ2v) is 6.91. The molecule has 0 aromatic heterocycles. The lowest BCUT2D eigenvalue weighted by atomic mass is 9.89. The largest absolute Gasteiger partial charge is 0.340 e. The van der Waals surface area contributed by atoms with E-state index in [9.17, 15) is 4.79 Å². The lowest BCUT2D eigenvalue weighted by molar-refractivity contribution is -0.136. The van der Waals surface area contributed by atoms with E-state index >= 15 is 0 Å². The summed E-state index contributed by atoms with van der Waals surface area (Å²) >= 11 is 0. The zero-order valence-corrected chi connectivity index (χ0v) is 16.6. The smallest absolute Gasteiger partial charge is 0.240 e. The van der Waals surface area contributed by atoms with Gasteiger partial charge in [0.05, 0.1) is 6.04 Å². The number of likely N-dealkylation sites (N-methyl/N-ethyl adjacent to an activating group) is 1. The van der Waals surface area contributed by atoms with Gasteiger partial charge in [-0.05, 0) is 38.0 Å². The van der Waals surface area contributed by atoms with Crippen molar-refractivity contribution < 1.29 is 4.79 Å². The van der Waals surface area contributed by atoms with Crippen molar-refractivity contribution in [3.63, 3.8) is 0 Å². The zero-order chi connectivity index (χ0) is 16.3. The number of carbonyl (C=O) groups excluding carboxylic acids is 1. The van der Waals surface area contributed by atoms with Gasteiger partial charge < -0.3 is 10.6 Å². The van der Waals surface area contributed by atoms with E-state index in [4.69, 9.17) is 5.73 Å². The number of hydrogen-bond acceptors (Lipinski definition) is 3. The number of rotatable bonds is 5. The van der Waals surface area contributed by atoms with Gasteiger partial charge in [0.1, 0.15) is 0 Å². The monoisotopic (exact) mass is 375 g/mol. The van der Waals surface area contributed by atoms with E-state index in [2.05, 4.69) is 38.1 Å². The number of likely N-dealkylation sites (tertiary alicyclic amines) is 1. The Morgan fingerprint density at radius 3 is 2.25 bits per heavy atom. The maximum atomic E-state index is 12.9. The van der Waals surface area contributed by atoms with Gasteiger partial charge in [-0.15, -0.1) is 24.8 Å². The van der Waals surface area contributed by atoms with E-state index in [1.165, 1.54) is 5.56 Å². The number of hydrogen-bond donors (Lipinski definition) is 1. The van der Waals surface area contributed by atoms with Crippen molar-refractivity contribution in [2.45, 2.75) is 25.8 Å². The summed E-state index contributed by atoms with van der Waals surface area (Å²) < 4.78 is 0. The van der Waals surface area contributed by atoms with E-state index in [1.807, 2.05) is 30.0 Å². The second kappa shape index (κ2) is 10.2. The molecule has 1 fully saturated rings. The number of benzene rings is 1. The summed E-state index contributed by atoms with van der Waals surface area (Å²) in [4.78, 5) is 17.0. The molecular weight excluding hydrogens is 345 g/mol. The summed E-state index contributed by atoms with van der Waals surface area (Å²) in [6, 6.07) is 10.4. The summed E-state index contributed by atoms with van der Waals surface area (Å²) in [5, 5.41) is 0. The van der Waals surface area contributed by atoms with E-state index in [0.717, 1.165) is 13.1 Å². The third kappa shape index (κ3) is 5.09. The summed E-state index contributed by atoms with van der Waals surface area (Å²) in [6.45, 7) is 6.38. The minimum atomic E-state index is -0.0621. The molecule has 0 saturated carbocycles. The zero-order valence-electron chi connectivity index (χ0n) is 15.0. The summed E-state index contributed by atoms with van der Waals surface area (Å²) in [5.74, 6) is 1.23. The van der Waals surface area contributed by atoms with Crippen molar-refractivity contribution in [3.8, 4) is 0 Å². The second-order valence-electron chi connectivity index (χ2n) is 6.91. The fourth-order valence-corrected chi connectivity index (χ4v) is 3.66. The predicted octanol–water partition coefficient (Wildman–Crippen LogP) is 2.62. The third-order valence-electron chi connectivity index (χ3n) is 4.72. The fraction of sp³-hybridized carbons (Fsp3) is 0.611. The van der Waals surface area contributed by atoms with Gasteiger partial charge in [0.2, 0.25) is 5.91 Å². The minimum absolute atomic E-state index is 0. The fourth-order valence-electron chi connectivity index (χ4n) is 3.66. The molecule has 0 bridgehead atoms. The van der Waals surface area contributed by atoms with Crippen LogP contribution in [0.1, 0.15) is 25.3 Å². The van der Waals surface area contributed by atoms with Gasteiger partial charge in [-0.3, -0.25) is 9.69 Å². The molecule has 1 aliphatic rings. The van der Waals surface area contributed by atoms with Gasteiger partial charge in [0, 0.05) is 19.0 Å². The predicted molar refractivity (Wildman–Crippen MR) is 105 cm³/mol. The Morgan fingerprint density at radius 2 is 1.79 bits per heavy atom. The molecule has 1 aromatic rings. The van der Waals surface area contributed by atoms with Crippen LogP contribution in [0.3, 0.4) is 0 Å². The van der Waals surface area contributed by atoms with E-state index < -0.39 is 0 Å². The van der Waals surface area contributed by atoms with Crippen LogP contribution in [0.5, 0.6) is 0 Å². The van der Waals surface area contributed by atoms with Gasteiger partial charge in [-0.25, -0.2) is 0 Å². The Bertz CT molecular complexity index is 488. The summed E-state index contributed by atoms with van der Waals surface area (Å²) in [7, 11) is 3.96. The van der Waals surface area contributed by atoms with Crippen LogP contribution >= 0.6 is 24.8 Å². The number of nitrogens with zero attached hydrogens (tertiary/aromatic N) is 2. The first-order valence-corrected chi connectivity index (χ1v) is 8.16. The number of carbonyl (C=O) groups is 1. The Morgan fingerprint density at radius 1 is 1.21 bits per heavy atom. The molecule has 1 amide bonds. The molecule has 1 aromatic carbocycles. The first kappa shape index (κ1) is 23.2.